The van der Waals surface area contributed by atoms with Gasteiger partial charge in [0.05, 0.1) is 11.8 Å². The molecule has 0 aromatic heterocycles. The molecule has 160 valence electrons. The highest BCUT2D eigenvalue weighted by Crippen LogP contribution is 2.56. The zero-order chi connectivity index (χ0) is 21.8. The smallest absolute Gasteiger partial charge is 0.251 e. The zero-order valence-electron chi connectivity index (χ0n) is 17.7. The second-order valence-electron chi connectivity index (χ2n) is 9.24. The summed E-state index contributed by atoms with van der Waals surface area (Å²) >= 11 is 0. The van der Waals surface area contributed by atoms with E-state index in [9.17, 15) is 14.4 Å². The van der Waals surface area contributed by atoms with Gasteiger partial charge in [0.15, 0.2) is 0 Å². The molecule has 1 saturated heterocycles. The monoisotopic (exact) mass is 424 g/mol. The van der Waals surface area contributed by atoms with E-state index < -0.39 is 0 Å². The van der Waals surface area contributed by atoms with E-state index in [0.29, 0.717) is 17.5 Å². The van der Waals surface area contributed by atoms with Crippen LogP contribution in [-0.4, -0.2) is 29.2 Å². The minimum atomic E-state index is -0.277. The fourth-order valence-electron chi connectivity index (χ4n) is 6.16. The zero-order valence-corrected chi connectivity index (χ0v) is 17.7. The third-order valence-corrected chi connectivity index (χ3v) is 7.57. The number of rotatable bonds is 4. The molecule has 2 aliphatic carbocycles. The van der Waals surface area contributed by atoms with Gasteiger partial charge in [-0.2, -0.15) is 0 Å². The average Bonchev–Trinajstić information content (AvgIpc) is 3.50. The lowest BCUT2D eigenvalue weighted by atomic mass is 9.81. The molecule has 0 N–H and O–H groups in total. The Morgan fingerprint density at radius 3 is 2.09 bits per heavy atom. The first-order valence-electron chi connectivity index (χ1n) is 11.3. The summed E-state index contributed by atoms with van der Waals surface area (Å²) in [5, 5.41) is 2.11. The van der Waals surface area contributed by atoms with Crippen molar-refractivity contribution in [3.8, 4) is 0 Å². The Balaban J connectivity index is 1.34. The molecule has 1 aliphatic heterocycles. The van der Waals surface area contributed by atoms with Gasteiger partial charge in [0.1, 0.15) is 6.54 Å². The van der Waals surface area contributed by atoms with Gasteiger partial charge in [-0.05, 0) is 66.1 Å². The van der Waals surface area contributed by atoms with Crippen LogP contribution >= 0.6 is 0 Å². The number of imide groups is 1. The Bertz CT molecular complexity index is 1210. The number of fused-ring (bicyclic) bond motifs is 6. The van der Waals surface area contributed by atoms with Crippen molar-refractivity contribution in [3.63, 3.8) is 0 Å². The number of carbonyl (C=O) groups excluding carboxylic acids is 3. The minimum Gasteiger partial charge on any atom is -0.280 e. The van der Waals surface area contributed by atoms with Crippen LogP contribution in [0.15, 0.2) is 72.8 Å². The molecule has 2 saturated carbocycles. The number of anilines is 2. The summed E-state index contributed by atoms with van der Waals surface area (Å²) in [7, 11) is 0. The standard InChI is InChI=1S/C27H24N2O3/c30-23(16-28-26(31)24-19-10-11-20(14-19)25(24)27(28)32)29(21-8-2-1-3-9-21)22-13-12-17-6-4-5-7-18(17)15-22/h1-9,12-13,15,19-20,24-25H,10-11,14,16H2/t19-,20-,24-,25-/m0/s1. The topological polar surface area (TPSA) is 57.7 Å². The van der Waals surface area contributed by atoms with Crippen LogP contribution in [0.5, 0.6) is 0 Å². The lowest BCUT2D eigenvalue weighted by Crippen LogP contribution is -2.42. The van der Waals surface area contributed by atoms with E-state index in [4.69, 9.17) is 0 Å². The number of hydrogen-bond acceptors (Lipinski definition) is 3. The largest absolute Gasteiger partial charge is 0.280 e. The van der Waals surface area contributed by atoms with E-state index >= 15 is 0 Å². The van der Waals surface area contributed by atoms with Crippen LogP contribution in [-0.2, 0) is 14.4 Å². The number of para-hydroxylation sites is 1. The van der Waals surface area contributed by atoms with E-state index in [1.807, 2.05) is 72.8 Å². The number of nitrogens with zero attached hydrogens (tertiary/aromatic N) is 2. The lowest BCUT2D eigenvalue weighted by molar-refractivity contribution is -0.143. The molecule has 3 amide bonds. The van der Waals surface area contributed by atoms with Crippen molar-refractivity contribution < 1.29 is 14.4 Å². The van der Waals surface area contributed by atoms with Crippen molar-refractivity contribution in [2.24, 2.45) is 23.7 Å². The molecule has 5 nitrogen and oxygen atoms in total. The van der Waals surface area contributed by atoms with Gasteiger partial charge in [0.2, 0.25) is 11.8 Å². The molecule has 1 heterocycles. The molecular weight excluding hydrogens is 400 g/mol. The maximum absolute atomic E-state index is 13.6. The van der Waals surface area contributed by atoms with Gasteiger partial charge in [0, 0.05) is 11.4 Å². The molecule has 32 heavy (non-hydrogen) atoms. The number of likely N-dealkylation sites (tertiary alicyclic amines) is 1. The van der Waals surface area contributed by atoms with Crippen molar-refractivity contribution in [2.45, 2.75) is 19.3 Å². The third-order valence-electron chi connectivity index (χ3n) is 7.57. The molecule has 0 spiro atoms. The highest BCUT2D eigenvalue weighted by Gasteiger charge is 2.61. The molecule has 3 aromatic carbocycles. The summed E-state index contributed by atoms with van der Waals surface area (Å²) in [5.41, 5.74) is 1.44. The number of carbonyl (C=O) groups is 3. The van der Waals surface area contributed by atoms with E-state index in [1.165, 1.54) is 4.90 Å². The van der Waals surface area contributed by atoms with Crippen molar-refractivity contribution in [1.29, 1.82) is 0 Å². The first kappa shape index (κ1) is 19.2. The van der Waals surface area contributed by atoms with Crippen LogP contribution in [0.2, 0.25) is 0 Å². The van der Waals surface area contributed by atoms with Gasteiger partial charge in [-0.1, -0.05) is 48.5 Å². The van der Waals surface area contributed by atoms with E-state index in [0.717, 1.165) is 35.7 Å². The summed E-state index contributed by atoms with van der Waals surface area (Å²) in [5.74, 6) is -0.362. The third kappa shape index (κ3) is 2.88. The van der Waals surface area contributed by atoms with Crippen molar-refractivity contribution in [1.82, 2.24) is 4.90 Å². The first-order valence-corrected chi connectivity index (χ1v) is 11.3. The minimum absolute atomic E-state index is 0.146. The van der Waals surface area contributed by atoms with Gasteiger partial charge < -0.3 is 0 Å². The maximum Gasteiger partial charge on any atom is 0.251 e. The Hall–Kier alpha value is -3.47. The molecule has 3 aromatic rings. The quantitative estimate of drug-likeness (QED) is 0.578. The van der Waals surface area contributed by atoms with Crippen LogP contribution in [0.25, 0.3) is 10.8 Å². The van der Waals surface area contributed by atoms with Gasteiger partial charge in [-0.3, -0.25) is 24.2 Å². The Labute approximate surface area is 186 Å². The molecule has 5 heteroatoms. The summed E-state index contributed by atoms with van der Waals surface area (Å²) in [6.45, 7) is -0.216. The molecular formula is C27H24N2O3. The number of hydrogen-bond donors (Lipinski definition) is 0. The molecule has 3 aliphatic rings. The molecule has 4 atom stereocenters. The fourth-order valence-corrected chi connectivity index (χ4v) is 6.16. The highest BCUT2D eigenvalue weighted by molar-refractivity contribution is 6.11. The highest BCUT2D eigenvalue weighted by atomic mass is 16.2. The molecule has 0 unspecified atom stereocenters. The Morgan fingerprint density at radius 2 is 1.41 bits per heavy atom. The normalized spacial score (nSPS) is 26.1. The van der Waals surface area contributed by atoms with Gasteiger partial charge in [0.25, 0.3) is 5.91 Å². The van der Waals surface area contributed by atoms with Crippen LogP contribution in [0.3, 0.4) is 0 Å². The molecule has 0 radical (unpaired) electrons. The van der Waals surface area contributed by atoms with Gasteiger partial charge >= 0.3 is 0 Å². The van der Waals surface area contributed by atoms with Gasteiger partial charge in [-0.15, -0.1) is 0 Å². The van der Waals surface area contributed by atoms with Crippen LogP contribution in [0, 0.1) is 23.7 Å². The summed E-state index contributed by atoms with van der Waals surface area (Å²) in [4.78, 5) is 42.7. The summed E-state index contributed by atoms with van der Waals surface area (Å²) in [6, 6.07) is 23.3. The summed E-state index contributed by atoms with van der Waals surface area (Å²) < 4.78 is 0. The average molecular weight is 425 g/mol. The maximum atomic E-state index is 13.6. The van der Waals surface area contributed by atoms with Crippen molar-refractivity contribution in [3.05, 3.63) is 72.8 Å². The first-order chi connectivity index (χ1) is 15.6. The van der Waals surface area contributed by atoms with Crippen LogP contribution in [0.1, 0.15) is 19.3 Å². The molecule has 6 rings (SSSR count). The predicted octanol–water partition coefficient (Wildman–Crippen LogP) is 4.54. The number of benzene rings is 3. The van der Waals surface area contributed by atoms with E-state index in [-0.39, 0.29) is 36.1 Å². The van der Waals surface area contributed by atoms with Crippen LogP contribution < -0.4 is 4.90 Å². The molecule has 3 fully saturated rings. The second-order valence-corrected chi connectivity index (χ2v) is 9.24. The lowest BCUT2D eigenvalue weighted by Gasteiger charge is -2.26. The van der Waals surface area contributed by atoms with Gasteiger partial charge in [-0.25, -0.2) is 0 Å². The fraction of sp³-hybridized carbons (Fsp3) is 0.296. The Kier molecular flexibility index (Phi) is 4.39. The van der Waals surface area contributed by atoms with E-state index in [1.54, 1.807) is 4.90 Å². The SMILES string of the molecule is O=C1[C@H]2[C@H]3CC[C@@H](C3)[C@@H]2C(=O)N1CC(=O)N(c1ccccc1)c1ccc2ccccc2c1. The van der Waals surface area contributed by atoms with Crippen molar-refractivity contribution >= 4 is 39.9 Å². The Morgan fingerprint density at radius 1 is 0.781 bits per heavy atom. The van der Waals surface area contributed by atoms with Crippen LogP contribution in [0.4, 0.5) is 11.4 Å². The van der Waals surface area contributed by atoms with Crippen molar-refractivity contribution in [2.75, 3.05) is 11.4 Å². The predicted molar refractivity (Wildman–Crippen MR) is 122 cm³/mol. The summed E-state index contributed by atoms with van der Waals surface area (Å²) in [6.07, 6.45) is 3.04. The molecule has 2 bridgehead atoms. The number of amides is 3. The van der Waals surface area contributed by atoms with E-state index in [2.05, 4.69) is 0 Å². The second kappa shape index (κ2) is 7.30.